The summed E-state index contributed by atoms with van der Waals surface area (Å²) < 4.78 is 4.81. The predicted octanol–water partition coefficient (Wildman–Crippen LogP) is 2.56. The van der Waals surface area contributed by atoms with Crippen molar-refractivity contribution in [1.82, 2.24) is 15.3 Å². The van der Waals surface area contributed by atoms with Crippen LogP contribution in [0.2, 0.25) is 0 Å². The minimum atomic E-state index is -0.799. The zero-order valence-electron chi connectivity index (χ0n) is 16.1. The SMILES string of the molecule is COC(=O)[C@H](Cc1cnc[nH]1)NC(=O)Cc1ccccc1N(CCCl)CCCl.Cl. The Labute approximate surface area is 186 Å². The van der Waals surface area contributed by atoms with Crippen molar-refractivity contribution in [1.29, 1.82) is 0 Å². The number of methoxy groups -OCH3 is 1. The third-order valence-electron chi connectivity index (χ3n) is 4.19. The molecule has 0 saturated heterocycles. The summed E-state index contributed by atoms with van der Waals surface area (Å²) in [6, 6.07) is 6.79. The molecular formula is C19H25Cl3N4O3. The van der Waals surface area contributed by atoms with Crippen LogP contribution >= 0.6 is 35.6 Å². The van der Waals surface area contributed by atoms with Crippen molar-refractivity contribution in [3.8, 4) is 0 Å². The fourth-order valence-corrected chi connectivity index (χ4v) is 3.30. The highest BCUT2D eigenvalue weighted by molar-refractivity contribution is 6.18. The van der Waals surface area contributed by atoms with Gasteiger partial charge in [-0.15, -0.1) is 35.6 Å². The summed E-state index contributed by atoms with van der Waals surface area (Å²) in [5, 5.41) is 2.75. The number of anilines is 1. The average molecular weight is 464 g/mol. The van der Waals surface area contributed by atoms with Crippen LogP contribution in [0.5, 0.6) is 0 Å². The number of aromatic nitrogens is 2. The van der Waals surface area contributed by atoms with Gasteiger partial charge in [-0.05, 0) is 11.6 Å². The van der Waals surface area contributed by atoms with Crippen molar-refractivity contribution >= 4 is 53.2 Å². The first-order chi connectivity index (χ1) is 13.6. The third kappa shape index (κ3) is 7.76. The number of halogens is 3. The molecule has 0 aliphatic carbocycles. The number of alkyl halides is 2. The molecule has 0 aliphatic rings. The number of hydrogen-bond donors (Lipinski definition) is 2. The van der Waals surface area contributed by atoms with Gasteiger partial charge in [-0.3, -0.25) is 4.79 Å². The predicted molar refractivity (Wildman–Crippen MR) is 117 cm³/mol. The topological polar surface area (TPSA) is 87.3 Å². The zero-order chi connectivity index (χ0) is 20.4. The second-order valence-corrected chi connectivity index (χ2v) is 6.85. The van der Waals surface area contributed by atoms with Gasteiger partial charge in [0.15, 0.2) is 0 Å². The van der Waals surface area contributed by atoms with Gasteiger partial charge in [-0.25, -0.2) is 9.78 Å². The lowest BCUT2D eigenvalue weighted by Crippen LogP contribution is -2.44. The van der Waals surface area contributed by atoms with Crippen LogP contribution in [-0.2, 0) is 27.2 Å². The van der Waals surface area contributed by atoms with E-state index in [0.717, 1.165) is 16.9 Å². The monoisotopic (exact) mass is 462 g/mol. The Bertz CT molecular complexity index is 753. The molecule has 1 aromatic carbocycles. The standard InChI is InChI=1S/C19H24Cl2N4O3.ClH/c1-28-19(27)16(11-15-12-22-13-23-15)24-18(26)10-14-4-2-3-5-17(14)25(8-6-20)9-7-21;/h2-5,12-13,16H,6-11H2,1H3,(H,22,23)(H,24,26);1H/t16-;/m0./s1. The summed E-state index contributed by atoms with van der Waals surface area (Å²) in [6.45, 7) is 1.25. The molecule has 2 aromatic rings. The maximum atomic E-state index is 12.6. The molecule has 1 amide bonds. The fraction of sp³-hybridized carbons (Fsp3) is 0.421. The third-order valence-corrected chi connectivity index (χ3v) is 4.53. The van der Waals surface area contributed by atoms with Crippen molar-refractivity contribution < 1.29 is 14.3 Å². The second kappa shape index (κ2) is 13.3. The van der Waals surface area contributed by atoms with Crippen molar-refractivity contribution in [2.75, 3.05) is 36.9 Å². The number of H-pyrrole nitrogens is 1. The quantitative estimate of drug-likeness (QED) is 0.395. The van der Waals surface area contributed by atoms with E-state index in [-0.39, 0.29) is 31.2 Å². The lowest BCUT2D eigenvalue weighted by atomic mass is 10.1. The molecule has 2 rings (SSSR count). The summed E-state index contributed by atoms with van der Waals surface area (Å²) in [6.07, 6.45) is 3.51. The first kappa shape index (κ1) is 25.1. The molecule has 0 spiro atoms. The smallest absolute Gasteiger partial charge is 0.328 e. The normalized spacial score (nSPS) is 11.3. The number of aromatic amines is 1. The van der Waals surface area contributed by atoms with Crippen LogP contribution in [-0.4, -0.2) is 59.8 Å². The Morgan fingerprint density at radius 3 is 2.52 bits per heavy atom. The van der Waals surface area contributed by atoms with Crippen LogP contribution in [0.1, 0.15) is 11.3 Å². The lowest BCUT2D eigenvalue weighted by Gasteiger charge is -2.25. The number of imidazole rings is 1. The molecular weight excluding hydrogens is 439 g/mol. The van der Waals surface area contributed by atoms with E-state index in [1.54, 1.807) is 6.20 Å². The molecule has 0 radical (unpaired) electrons. The van der Waals surface area contributed by atoms with E-state index in [4.69, 9.17) is 27.9 Å². The van der Waals surface area contributed by atoms with E-state index in [2.05, 4.69) is 15.3 Å². The minimum Gasteiger partial charge on any atom is -0.467 e. The number of esters is 1. The van der Waals surface area contributed by atoms with Crippen molar-refractivity contribution in [3.63, 3.8) is 0 Å². The summed E-state index contributed by atoms with van der Waals surface area (Å²) in [5.41, 5.74) is 2.47. The fourth-order valence-electron chi connectivity index (χ4n) is 2.90. The van der Waals surface area contributed by atoms with Crippen LogP contribution in [0.25, 0.3) is 0 Å². The maximum absolute atomic E-state index is 12.6. The largest absolute Gasteiger partial charge is 0.467 e. The minimum absolute atomic E-state index is 0. The van der Waals surface area contributed by atoms with Gasteiger partial charge >= 0.3 is 5.97 Å². The molecule has 0 unspecified atom stereocenters. The van der Waals surface area contributed by atoms with Crippen LogP contribution in [0.4, 0.5) is 5.69 Å². The molecule has 10 heteroatoms. The summed E-state index contributed by atoms with van der Waals surface area (Å²) in [5.74, 6) is 0.110. The number of ether oxygens (including phenoxy) is 1. The molecule has 160 valence electrons. The molecule has 0 aliphatic heterocycles. The first-order valence-corrected chi connectivity index (χ1v) is 9.95. The van der Waals surface area contributed by atoms with Gasteiger partial charge in [0.1, 0.15) is 6.04 Å². The molecule has 1 aromatic heterocycles. The molecule has 0 bridgehead atoms. The van der Waals surface area contributed by atoms with Crippen molar-refractivity contribution in [2.24, 2.45) is 0 Å². The van der Waals surface area contributed by atoms with Crippen molar-refractivity contribution in [2.45, 2.75) is 18.9 Å². The van der Waals surface area contributed by atoms with E-state index in [0.29, 0.717) is 24.8 Å². The van der Waals surface area contributed by atoms with E-state index in [1.807, 2.05) is 29.2 Å². The zero-order valence-corrected chi connectivity index (χ0v) is 18.4. The number of nitrogens with zero attached hydrogens (tertiary/aromatic N) is 2. The van der Waals surface area contributed by atoms with E-state index in [9.17, 15) is 9.59 Å². The molecule has 1 atom stereocenters. The Hall–Kier alpha value is -1.96. The summed E-state index contributed by atoms with van der Waals surface area (Å²) in [7, 11) is 1.29. The molecule has 0 saturated carbocycles. The number of carbonyl (C=O) groups is 2. The Morgan fingerprint density at radius 1 is 1.24 bits per heavy atom. The first-order valence-electron chi connectivity index (χ1n) is 8.88. The Balaban J connectivity index is 0.00000420. The Kier molecular flexibility index (Phi) is 11.5. The van der Waals surface area contributed by atoms with Gasteiger partial charge in [0.05, 0.1) is 19.9 Å². The number of rotatable bonds is 11. The van der Waals surface area contributed by atoms with E-state index in [1.165, 1.54) is 13.4 Å². The Morgan fingerprint density at radius 2 is 1.93 bits per heavy atom. The highest BCUT2D eigenvalue weighted by atomic mass is 35.5. The second-order valence-electron chi connectivity index (χ2n) is 6.09. The summed E-state index contributed by atoms with van der Waals surface area (Å²) in [4.78, 5) is 33.6. The number of benzene rings is 1. The number of hydrogen-bond acceptors (Lipinski definition) is 5. The van der Waals surface area contributed by atoms with E-state index >= 15 is 0 Å². The molecule has 0 fully saturated rings. The van der Waals surface area contributed by atoms with Gasteiger partial charge in [-0.2, -0.15) is 0 Å². The molecule has 2 N–H and O–H groups in total. The van der Waals surface area contributed by atoms with Gasteiger partial charge in [0.2, 0.25) is 5.91 Å². The number of nitrogens with one attached hydrogen (secondary N) is 2. The van der Waals surface area contributed by atoms with Crippen LogP contribution in [0, 0.1) is 0 Å². The number of carbonyl (C=O) groups excluding carboxylic acids is 2. The van der Waals surface area contributed by atoms with Crippen molar-refractivity contribution in [3.05, 3.63) is 48.0 Å². The molecule has 29 heavy (non-hydrogen) atoms. The van der Waals surface area contributed by atoms with E-state index < -0.39 is 12.0 Å². The molecule has 1 heterocycles. The van der Waals surface area contributed by atoms with Crippen LogP contribution in [0.15, 0.2) is 36.8 Å². The maximum Gasteiger partial charge on any atom is 0.328 e. The van der Waals surface area contributed by atoms with Gasteiger partial charge < -0.3 is 19.9 Å². The van der Waals surface area contributed by atoms with Crippen LogP contribution in [0.3, 0.4) is 0 Å². The lowest BCUT2D eigenvalue weighted by molar-refractivity contribution is -0.145. The highest BCUT2D eigenvalue weighted by Gasteiger charge is 2.23. The van der Waals surface area contributed by atoms with Gasteiger partial charge in [0, 0.05) is 48.8 Å². The van der Waals surface area contributed by atoms with Gasteiger partial charge in [-0.1, -0.05) is 18.2 Å². The number of amides is 1. The number of para-hydroxylation sites is 1. The summed E-state index contributed by atoms with van der Waals surface area (Å²) >= 11 is 11.8. The van der Waals surface area contributed by atoms with Crippen LogP contribution < -0.4 is 10.2 Å². The average Bonchev–Trinajstić information content (AvgIpc) is 3.20. The van der Waals surface area contributed by atoms with Gasteiger partial charge in [0.25, 0.3) is 0 Å². The molecule has 7 nitrogen and oxygen atoms in total. The highest BCUT2D eigenvalue weighted by Crippen LogP contribution is 2.21.